The van der Waals surface area contributed by atoms with E-state index in [0.29, 0.717) is 37.2 Å². The standard InChI is InChI=1S/C20H23N3O3/c1-13-14(2)21-23(15(13)3)11-19(25)22-9-8-20(12-22)10-17(24)16-6-4-5-7-18(16)26-20/h4-7H,8-12H2,1-3H3/t20-/m0/s1. The van der Waals surface area contributed by atoms with Crippen LogP contribution < -0.4 is 4.74 Å². The molecule has 0 unspecified atom stereocenters. The highest BCUT2D eigenvalue weighted by atomic mass is 16.5. The van der Waals surface area contributed by atoms with E-state index < -0.39 is 5.60 Å². The number of aryl methyl sites for hydroxylation is 1. The molecular formula is C20H23N3O3. The first-order valence-corrected chi connectivity index (χ1v) is 8.98. The minimum absolute atomic E-state index is 0.0161. The Hall–Kier alpha value is -2.63. The van der Waals surface area contributed by atoms with Gasteiger partial charge in [-0.1, -0.05) is 12.1 Å². The molecule has 6 nitrogen and oxygen atoms in total. The summed E-state index contributed by atoms with van der Waals surface area (Å²) in [4.78, 5) is 27.1. The molecule has 1 aromatic heterocycles. The molecule has 0 aliphatic carbocycles. The first kappa shape index (κ1) is 16.8. The minimum Gasteiger partial charge on any atom is -0.484 e. The van der Waals surface area contributed by atoms with Gasteiger partial charge in [0.05, 0.1) is 24.2 Å². The maximum Gasteiger partial charge on any atom is 0.244 e. The second kappa shape index (κ2) is 5.97. The van der Waals surface area contributed by atoms with Crippen LogP contribution in [-0.4, -0.2) is 45.1 Å². The van der Waals surface area contributed by atoms with Crippen molar-refractivity contribution in [3.8, 4) is 5.75 Å². The topological polar surface area (TPSA) is 64.4 Å². The highest BCUT2D eigenvalue weighted by molar-refractivity contribution is 6.00. The SMILES string of the molecule is Cc1nn(CC(=O)N2CC[C@]3(CC(=O)c4ccccc4O3)C2)c(C)c1C. The van der Waals surface area contributed by atoms with Crippen molar-refractivity contribution in [1.82, 2.24) is 14.7 Å². The van der Waals surface area contributed by atoms with Crippen LogP contribution in [0, 0.1) is 20.8 Å². The summed E-state index contributed by atoms with van der Waals surface area (Å²) in [5.74, 6) is 0.741. The zero-order valence-electron chi connectivity index (χ0n) is 15.4. The van der Waals surface area contributed by atoms with E-state index in [2.05, 4.69) is 5.10 Å². The van der Waals surface area contributed by atoms with Gasteiger partial charge in [-0.3, -0.25) is 14.3 Å². The van der Waals surface area contributed by atoms with E-state index in [9.17, 15) is 9.59 Å². The molecule has 1 saturated heterocycles. The number of ketones is 1. The van der Waals surface area contributed by atoms with Gasteiger partial charge in [0.2, 0.25) is 5.91 Å². The molecule has 4 rings (SSSR count). The predicted molar refractivity (Wildman–Crippen MR) is 96.4 cm³/mol. The van der Waals surface area contributed by atoms with Crippen LogP contribution in [0.25, 0.3) is 0 Å². The number of Topliss-reactive ketones (excluding diaryl/α,β-unsaturated/α-hetero) is 1. The number of carbonyl (C=O) groups is 2. The molecule has 0 N–H and O–H groups in total. The van der Waals surface area contributed by atoms with Crippen molar-refractivity contribution < 1.29 is 14.3 Å². The lowest BCUT2D eigenvalue weighted by Crippen LogP contribution is -2.45. The summed E-state index contributed by atoms with van der Waals surface area (Å²) in [5.41, 5.74) is 3.13. The Bertz CT molecular complexity index is 902. The van der Waals surface area contributed by atoms with Gasteiger partial charge in [0.1, 0.15) is 17.9 Å². The fraction of sp³-hybridized carbons (Fsp3) is 0.450. The number of aromatic nitrogens is 2. The third-order valence-electron chi connectivity index (χ3n) is 5.69. The molecular weight excluding hydrogens is 330 g/mol. The molecule has 1 atom stereocenters. The number of amides is 1. The van der Waals surface area contributed by atoms with E-state index in [4.69, 9.17) is 4.74 Å². The summed E-state index contributed by atoms with van der Waals surface area (Å²) >= 11 is 0. The molecule has 2 aliphatic heterocycles. The number of fused-ring (bicyclic) bond motifs is 1. The van der Waals surface area contributed by atoms with E-state index in [0.717, 1.165) is 17.0 Å². The number of ether oxygens (including phenoxy) is 1. The van der Waals surface area contributed by atoms with Gasteiger partial charge < -0.3 is 9.64 Å². The van der Waals surface area contributed by atoms with Crippen LogP contribution in [0.3, 0.4) is 0 Å². The molecule has 0 saturated carbocycles. The zero-order valence-corrected chi connectivity index (χ0v) is 15.4. The normalized spacial score (nSPS) is 21.8. The van der Waals surface area contributed by atoms with E-state index in [-0.39, 0.29) is 18.2 Å². The molecule has 1 aromatic carbocycles. The highest BCUT2D eigenvalue weighted by Gasteiger charge is 2.46. The van der Waals surface area contributed by atoms with Crippen LogP contribution in [0.2, 0.25) is 0 Å². The maximum absolute atomic E-state index is 12.8. The lowest BCUT2D eigenvalue weighted by atomic mass is 9.89. The van der Waals surface area contributed by atoms with Crippen LogP contribution in [0.5, 0.6) is 5.75 Å². The molecule has 0 radical (unpaired) electrons. The number of rotatable bonds is 2. The van der Waals surface area contributed by atoms with E-state index in [1.165, 1.54) is 0 Å². The van der Waals surface area contributed by atoms with E-state index in [1.54, 1.807) is 15.6 Å². The van der Waals surface area contributed by atoms with Gasteiger partial charge in [0.15, 0.2) is 5.78 Å². The van der Waals surface area contributed by atoms with Crippen molar-refractivity contribution in [2.24, 2.45) is 0 Å². The Labute approximate surface area is 152 Å². The number of para-hydroxylation sites is 1. The first-order valence-electron chi connectivity index (χ1n) is 8.98. The van der Waals surface area contributed by atoms with Gasteiger partial charge in [-0.05, 0) is 38.5 Å². The van der Waals surface area contributed by atoms with Gasteiger partial charge in [0, 0.05) is 18.7 Å². The third kappa shape index (κ3) is 2.69. The van der Waals surface area contributed by atoms with Crippen LogP contribution >= 0.6 is 0 Å². The van der Waals surface area contributed by atoms with Gasteiger partial charge in [-0.25, -0.2) is 0 Å². The van der Waals surface area contributed by atoms with Gasteiger partial charge in [0.25, 0.3) is 0 Å². The van der Waals surface area contributed by atoms with Crippen LogP contribution in [0.1, 0.15) is 40.2 Å². The van der Waals surface area contributed by atoms with Crippen molar-refractivity contribution in [3.63, 3.8) is 0 Å². The molecule has 1 spiro atoms. The number of nitrogens with zero attached hydrogens (tertiary/aromatic N) is 3. The molecule has 1 amide bonds. The minimum atomic E-state index is -0.591. The van der Waals surface area contributed by atoms with Crippen molar-refractivity contribution in [1.29, 1.82) is 0 Å². The monoisotopic (exact) mass is 353 g/mol. The molecule has 3 heterocycles. The van der Waals surface area contributed by atoms with Crippen LogP contribution in [-0.2, 0) is 11.3 Å². The van der Waals surface area contributed by atoms with Crippen molar-refractivity contribution >= 4 is 11.7 Å². The molecule has 2 aromatic rings. The summed E-state index contributed by atoms with van der Waals surface area (Å²) in [7, 11) is 0. The number of carbonyl (C=O) groups excluding carboxylic acids is 2. The third-order valence-corrected chi connectivity index (χ3v) is 5.69. The average molecular weight is 353 g/mol. The number of benzene rings is 1. The smallest absolute Gasteiger partial charge is 0.244 e. The predicted octanol–water partition coefficient (Wildman–Crippen LogP) is 2.44. The Kier molecular flexibility index (Phi) is 3.86. The van der Waals surface area contributed by atoms with Gasteiger partial charge in [-0.15, -0.1) is 0 Å². The fourth-order valence-corrected chi connectivity index (χ4v) is 3.90. The van der Waals surface area contributed by atoms with Crippen LogP contribution in [0.4, 0.5) is 0 Å². The van der Waals surface area contributed by atoms with Crippen molar-refractivity contribution in [2.45, 2.75) is 45.8 Å². The number of hydrogen-bond acceptors (Lipinski definition) is 4. The first-order chi connectivity index (χ1) is 12.4. The second-order valence-electron chi connectivity index (χ2n) is 7.40. The molecule has 26 heavy (non-hydrogen) atoms. The van der Waals surface area contributed by atoms with Gasteiger partial charge >= 0.3 is 0 Å². The molecule has 6 heteroatoms. The Morgan fingerprint density at radius 3 is 2.77 bits per heavy atom. The Balaban J connectivity index is 1.49. The second-order valence-corrected chi connectivity index (χ2v) is 7.40. The summed E-state index contributed by atoms with van der Waals surface area (Å²) in [6.07, 6.45) is 1.00. The fourth-order valence-electron chi connectivity index (χ4n) is 3.90. The molecule has 0 bridgehead atoms. The number of likely N-dealkylation sites (tertiary alicyclic amines) is 1. The summed E-state index contributed by atoms with van der Waals surface area (Å²) in [6, 6.07) is 7.35. The quantitative estimate of drug-likeness (QED) is 0.832. The number of hydrogen-bond donors (Lipinski definition) is 0. The van der Waals surface area contributed by atoms with Gasteiger partial charge in [-0.2, -0.15) is 5.10 Å². The molecule has 136 valence electrons. The summed E-state index contributed by atoms with van der Waals surface area (Å²) < 4.78 is 7.96. The molecule has 2 aliphatic rings. The lowest BCUT2D eigenvalue weighted by Gasteiger charge is -2.34. The summed E-state index contributed by atoms with van der Waals surface area (Å²) in [5, 5.41) is 4.45. The van der Waals surface area contributed by atoms with E-state index >= 15 is 0 Å². The lowest BCUT2D eigenvalue weighted by molar-refractivity contribution is -0.131. The Morgan fingerprint density at radius 2 is 2.04 bits per heavy atom. The average Bonchev–Trinajstić information content (AvgIpc) is 3.12. The molecule has 1 fully saturated rings. The zero-order chi connectivity index (χ0) is 18.5. The Morgan fingerprint density at radius 1 is 1.27 bits per heavy atom. The van der Waals surface area contributed by atoms with Crippen molar-refractivity contribution in [2.75, 3.05) is 13.1 Å². The summed E-state index contributed by atoms with van der Waals surface area (Å²) in [6.45, 7) is 7.22. The maximum atomic E-state index is 12.8. The highest BCUT2D eigenvalue weighted by Crippen LogP contribution is 2.38. The largest absolute Gasteiger partial charge is 0.484 e. The van der Waals surface area contributed by atoms with Crippen molar-refractivity contribution in [3.05, 3.63) is 46.8 Å². The van der Waals surface area contributed by atoms with Crippen LogP contribution in [0.15, 0.2) is 24.3 Å². The van der Waals surface area contributed by atoms with E-state index in [1.807, 2.05) is 39.0 Å².